The highest BCUT2D eigenvalue weighted by molar-refractivity contribution is 5.66. The Hall–Kier alpha value is -1.63. The van der Waals surface area contributed by atoms with E-state index in [9.17, 15) is 20.1 Å². The average molecular weight is 478 g/mol. The molecule has 0 aromatic heterocycles. The molecule has 1 aliphatic carbocycles. The van der Waals surface area contributed by atoms with Crippen LogP contribution in [0.2, 0.25) is 0 Å². The van der Waals surface area contributed by atoms with E-state index in [2.05, 4.69) is 32.2 Å². The molecule has 0 aliphatic heterocycles. The largest absolute Gasteiger partial charge is 0.508 e. The molecule has 3 unspecified atom stereocenters. The number of carbonyl (C=O) groups is 1. The van der Waals surface area contributed by atoms with Gasteiger partial charge in [0.15, 0.2) is 0 Å². The summed E-state index contributed by atoms with van der Waals surface area (Å²) in [6, 6.07) is 6.04. The average Bonchev–Trinajstić information content (AvgIpc) is 2.79. The van der Waals surface area contributed by atoms with E-state index < -0.39 is 17.6 Å². The number of aromatic hydroxyl groups is 1. The molecule has 1 aliphatic rings. The number of phenolic OH excluding ortho intramolecular Hbond substituents is 1. The van der Waals surface area contributed by atoms with Gasteiger partial charge in [0, 0.05) is 24.5 Å². The smallest absolute Gasteiger partial charge is 0.303 e. The van der Waals surface area contributed by atoms with Crippen LogP contribution < -0.4 is 5.32 Å². The Morgan fingerprint density at radius 3 is 2.59 bits per heavy atom. The van der Waals surface area contributed by atoms with E-state index in [1.807, 2.05) is 12.1 Å². The van der Waals surface area contributed by atoms with Crippen molar-refractivity contribution in [3.63, 3.8) is 0 Å². The molecule has 34 heavy (non-hydrogen) atoms. The van der Waals surface area contributed by atoms with Gasteiger partial charge in [-0.1, -0.05) is 58.6 Å². The van der Waals surface area contributed by atoms with Gasteiger partial charge >= 0.3 is 5.97 Å². The highest BCUT2D eigenvalue weighted by Crippen LogP contribution is 2.47. The third kappa shape index (κ3) is 7.96. The second-order valence-corrected chi connectivity index (χ2v) is 10.9. The minimum absolute atomic E-state index is 0.0289. The molecule has 0 spiro atoms. The lowest BCUT2D eigenvalue weighted by Gasteiger charge is -2.47. The molecule has 0 bridgehead atoms. The minimum Gasteiger partial charge on any atom is -0.508 e. The molecular weight excluding hydrogens is 430 g/mol. The van der Waals surface area contributed by atoms with Crippen molar-refractivity contribution in [2.45, 2.75) is 121 Å². The van der Waals surface area contributed by atoms with Gasteiger partial charge in [0.25, 0.3) is 0 Å². The Morgan fingerprint density at radius 2 is 1.94 bits per heavy atom. The molecule has 6 heteroatoms. The van der Waals surface area contributed by atoms with Crippen molar-refractivity contribution in [1.29, 1.82) is 0 Å². The fourth-order valence-electron chi connectivity index (χ4n) is 5.61. The summed E-state index contributed by atoms with van der Waals surface area (Å²) in [5, 5.41) is 43.8. The lowest BCUT2D eigenvalue weighted by molar-refractivity contribution is -0.137. The highest BCUT2D eigenvalue weighted by Gasteiger charge is 2.44. The minimum atomic E-state index is -0.813. The van der Waals surface area contributed by atoms with Gasteiger partial charge in [0.1, 0.15) is 5.75 Å². The number of hydrogen-bond donors (Lipinski definition) is 5. The number of nitrogens with one attached hydrogen (secondary N) is 1. The number of aliphatic carboxylic acids is 1. The van der Waals surface area contributed by atoms with Crippen molar-refractivity contribution in [2.75, 3.05) is 13.2 Å². The van der Waals surface area contributed by atoms with Crippen LogP contribution in [0.3, 0.4) is 0 Å². The lowest BCUT2D eigenvalue weighted by Crippen LogP contribution is -2.54. The first kappa shape index (κ1) is 28.6. The fourth-order valence-corrected chi connectivity index (χ4v) is 5.61. The Morgan fingerprint density at radius 1 is 1.18 bits per heavy atom. The number of phenols is 1. The van der Waals surface area contributed by atoms with Gasteiger partial charge in [0.05, 0.1) is 6.10 Å². The van der Waals surface area contributed by atoms with Gasteiger partial charge in [-0.25, -0.2) is 0 Å². The number of benzene rings is 1. The molecule has 1 fully saturated rings. The van der Waals surface area contributed by atoms with E-state index in [4.69, 9.17) is 5.11 Å². The fraction of sp³-hybridized carbons (Fsp3) is 0.750. The first-order valence-electron chi connectivity index (χ1n) is 13.2. The van der Waals surface area contributed by atoms with Crippen molar-refractivity contribution < 1.29 is 25.2 Å². The zero-order valence-electron chi connectivity index (χ0n) is 21.5. The second kappa shape index (κ2) is 13.5. The van der Waals surface area contributed by atoms with E-state index in [0.29, 0.717) is 38.6 Å². The van der Waals surface area contributed by atoms with Crippen LogP contribution in [0.5, 0.6) is 5.75 Å². The molecule has 2 rings (SSSR count). The number of carboxylic acids is 1. The molecule has 1 saturated carbocycles. The van der Waals surface area contributed by atoms with Crippen LogP contribution in [-0.2, 0) is 10.2 Å². The molecule has 0 radical (unpaired) electrons. The third-order valence-corrected chi connectivity index (χ3v) is 7.77. The van der Waals surface area contributed by atoms with Gasteiger partial charge < -0.3 is 25.7 Å². The Balaban J connectivity index is 2.28. The Kier molecular flexibility index (Phi) is 11.3. The van der Waals surface area contributed by atoms with Crippen LogP contribution in [0.25, 0.3) is 0 Å². The topological polar surface area (TPSA) is 110 Å². The van der Waals surface area contributed by atoms with Gasteiger partial charge in [-0.3, -0.25) is 4.79 Å². The number of aliphatic hydroxyl groups excluding tert-OH is 2. The van der Waals surface area contributed by atoms with Crippen molar-refractivity contribution >= 4 is 5.97 Å². The second-order valence-electron chi connectivity index (χ2n) is 10.9. The van der Waals surface area contributed by atoms with E-state index in [0.717, 1.165) is 24.0 Å². The number of carboxylic acid groups (broad SMARTS) is 1. The van der Waals surface area contributed by atoms with E-state index >= 15 is 0 Å². The lowest BCUT2D eigenvalue weighted by atomic mass is 9.66. The zero-order chi connectivity index (χ0) is 25.2. The van der Waals surface area contributed by atoms with Gasteiger partial charge in [0.2, 0.25) is 0 Å². The maximum Gasteiger partial charge on any atom is 0.303 e. The van der Waals surface area contributed by atoms with Crippen LogP contribution in [0, 0.1) is 0 Å². The molecule has 1 aromatic rings. The Labute approximate surface area is 205 Å². The van der Waals surface area contributed by atoms with Crippen LogP contribution in [0.1, 0.15) is 115 Å². The van der Waals surface area contributed by atoms with Crippen LogP contribution in [0.15, 0.2) is 18.2 Å². The standard InChI is InChI=1S/C28H47NO5/c1-4-5-6-7-14-27(2,3)21-11-12-23(25(32)19-21)24-20-22(31)13-16-28(24,15-9-18-30)29-17-8-10-26(33)34/h11-12,19,22,24,29-32H,4-10,13-18,20H2,1-3H3,(H,33,34). The van der Waals surface area contributed by atoms with Crippen LogP contribution >= 0.6 is 0 Å². The molecule has 0 heterocycles. The van der Waals surface area contributed by atoms with Crippen molar-refractivity contribution in [2.24, 2.45) is 0 Å². The van der Waals surface area contributed by atoms with Crippen LogP contribution in [0.4, 0.5) is 0 Å². The van der Waals surface area contributed by atoms with Crippen molar-refractivity contribution in [1.82, 2.24) is 5.32 Å². The first-order valence-corrected chi connectivity index (χ1v) is 13.2. The highest BCUT2D eigenvalue weighted by atomic mass is 16.4. The molecule has 194 valence electrons. The molecule has 0 saturated heterocycles. The summed E-state index contributed by atoms with van der Waals surface area (Å²) in [5.41, 5.74) is 1.53. The first-order chi connectivity index (χ1) is 16.1. The summed E-state index contributed by atoms with van der Waals surface area (Å²) in [4.78, 5) is 11.0. The van der Waals surface area contributed by atoms with Crippen molar-refractivity contribution in [3.8, 4) is 5.75 Å². The van der Waals surface area contributed by atoms with E-state index in [-0.39, 0.29) is 30.1 Å². The monoisotopic (exact) mass is 477 g/mol. The summed E-state index contributed by atoms with van der Waals surface area (Å²) in [6.45, 7) is 7.30. The zero-order valence-corrected chi connectivity index (χ0v) is 21.5. The normalized spacial score (nSPS) is 23.2. The molecule has 5 N–H and O–H groups in total. The quantitative estimate of drug-likeness (QED) is 0.221. The van der Waals surface area contributed by atoms with Gasteiger partial charge in [-0.15, -0.1) is 0 Å². The SMILES string of the molecule is CCCCCCC(C)(C)c1ccc(C2CC(O)CCC2(CCCO)NCCCC(=O)O)c(O)c1. The molecular formula is C28H47NO5. The predicted molar refractivity (Wildman–Crippen MR) is 136 cm³/mol. The number of rotatable bonds is 15. The predicted octanol–water partition coefficient (Wildman–Crippen LogP) is 5.23. The summed E-state index contributed by atoms with van der Waals surface area (Å²) in [7, 11) is 0. The van der Waals surface area contributed by atoms with Crippen LogP contribution in [-0.4, -0.2) is 51.2 Å². The number of unbranched alkanes of at least 4 members (excludes halogenated alkanes) is 3. The maximum absolute atomic E-state index is 11.2. The summed E-state index contributed by atoms with van der Waals surface area (Å²) >= 11 is 0. The van der Waals surface area contributed by atoms with E-state index in [1.165, 1.54) is 25.7 Å². The number of hydrogen-bond acceptors (Lipinski definition) is 5. The number of aliphatic hydroxyl groups is 2. The molecule has 0 amide bonds. The van der Waals surface area contributed by atoms with Gasteiger partial charge in [-0.05, 0) is 74.1 Å². The summed E-state index contributed by atoms with van der Waals surface area (Å²) in [6.07, 6.45) is 9.32. The summed E-state index contributed by atoms with van der Waals surface area (Å²) < 4.78 is 0. The molecule has 1 aromatic carbocycles. The molecule has 3 atom stereocenters. The molecule has 6 nitrogen and oxygen atoms in total. The van der Waals surface area contributed by atoms with E-state index in [1.54, 1.807) is 0 Å². The maximum atomic E-state index is 11.2. The van der Waals surface area contributed by atoms with Gasteiger partial charge in [-0.2, -0.15) is 0 Å². The Bertz CT molecular complexity index is 761. The third-order valence-electron chi connectivity index (χ3n) is 7.77. The van der Waals surface area contributed by atoms with Crippen molar-refractivity contribution in [3.05, 3.63) is 29.3 Å². The summed E-state index contributed by atoms with van der Waals surface area (Å²) in [5.74, 6) is -0.666.